The van der Waals surface area contributed by atoms with Crippen molar-refractivity contribution in [2.75, 3.05) is 13.1 Å². The molecule has 4 heteroatoms. The van der Waals surface area contributed by atoms with Gasteiger partial charge in [0.1, 0.15) is 5.50 Å². The first-order valence-electron chi connectivity index (χ1n) is 4.07. The lowest BCUT2D eigenvalue weighted by Gasteiger charge is -2.21. The van der Waals surface area contributed by atoms with E-state index in [1.165, 1.54) is 25.9 Å². The molecule has 1 saturated heterocycles. The van der Waals surface area contributed by atoms with Crippen molar-refractivity contribution in [3.63, 3.8) is 0 Å². The number of likely N-dealkylation sites (tertiary alicyclic amines) is 1. The minimum atomic E-state index is 0.428. The highest BCUT2D eigenvalue weighted by atomic mass is 32.2. The van der Waals surface area contributed by atoms with Crippen LogP contribution in [0.1, 0.15) is 19.8 Å². The van der Waals surface area contributed by atoms with E-state index < -0.39 is 0 Å². The maximum Gasteiger partial charge on any atom is 0.149 e. The van der Waals surface area contributed by atoms with E-state index in [0.29, 0.717) is 5.50 Å². The van der Waals surface area contributed by atoms with Crippen LogP contribution in [0.4, 0.5) is 0 Å². The SMILES string of the molecule is CC1=NNC(N2CCCC2)S1. The summed E-state index contributed by atoms with van der Waals surface area (Å²) in [7, 11) is 0. The summed E-state index contributed by atoms with van der Waals surface area (Å²) in [6.07, 6.45) is 2.69. The Hall–Kier alpha value is -0.220. The first kappa shape index (κ1) is 7.43. The molecule has 62 valence electrons. The summed E-state index contributed by atoms with van der Waals surface area (Å²) in [6, 6.07) is 0. The lowest BCUT2D eigenvalue weighted by molar-refractivity contribution is 0.287. The molecule has 0 amide bonds. The van der Waals surface area contributed by atoms with Gasteiger partial charge >= 0.3 is 0 Å². The fourth-order valence-corrected chi connectivity index (χ4v) is 2.39. The fraction of sp³-hybridized carbons (Fsp3) is 0.857. The predicted octanol–water partition coefficient (Wildman–Crippen LogP) is 1.04. The highest BCUT2D eigenvalue weighted by molar-refractivity contribution is 8.14. The van der Waals surface area contributed by atoms with Crippen molar-refractivity contribution in [1.82, 2.24) is 10.3 Å². The monoisotopic (exact) mass is 171 g/mol. The molecule has 1 fully saturated rings. The third-order valence-corrected chi connectivity index (χ3v) is 3.15. The van der Waals surface area contributed by atoms with Crippen LogP contribution in [-0.2, 0) is 0 Å². The number of rotatable bonds is 1. The summed E-state index contributed by atoms with van der Waals surface area (Å²) in [6.45, 7) is 4.51. The van der Waals surface area contributed by atoms with Crippen molar-refractivity contribution in [3.8, 4) is 0 Å². The largest absolute Gasteiger partial charge is 0.282 e. The van der Waals surface area contributed by atoms with Crippen LogP contribution in [0.3, 0.4) is 0 Å². The van der Waals surface area contributed by atoms with Crippen molar-refractivity contribution < 1.29 is 0 Å². The Balaban J connectivity index is 1.88. The molecule has 2 rings (SSSR count). The van der Waals surface area contributed by atoms with Gasteiger partial charge in [-0.05, 0) is 19.8 Å². The van der Waals surface area contributed by atoms with Gasteiger partial charge in [-0.2, -0.15) is 5.10 Å². The summed E-state index contributed by atoms with van der Waals surface area (Å²) in [5, 5.41) is 5.30. The highest BCUT2D eigenvalue weighted by Gasteiger charge is 2.25. The standard InChI is InChI=1S/C7H13N3S/c1-6-8-9-7(11-6)10-4-2-3-5-10/h7,9H,2-5H2,1H3. The van der Waals surface area contributed by atoms with Crippen LogP contribution in [0, 0.1) is 0 Å². The maximum atomic E-state index is 4.15. The molecule has 1 atom stereocenters. The first-order valence-corrected chi connectivity index (χ1v) is 4.95. The van der Waals surface area contributed by atoms with Gasteiger partial charge in [0.05, 0.1) is 5.04 Å². The van der Waals surface area contributed by atoms with E-state index in [1.807, 2.05) is 18.7 Å². The Kier molecular flexibility index (Phi) is 2.05. The van der Waals surface area contributed by atoms with Crippen LogP contribution in [0.25, 0.3) is 0 Å². The smallest absolute Gasteiger partial charge is 0.149 e. The van der Waals surface area contributed by atoms with Gasteiger partial charge in [0.15, 0.2) is 0 Å². The van der Waals surface area contributed by atoms with E-state index in [4.69, 9.17) is 0 Å². The minimum absolute atomic E-state index is 0.428. The van der Waals surface area contributed by atoms with Crippen LogP contribution in [0.5, 0.6) is 0 Å². The van der Waals surface area contributed by atoms with Crippen LogP contribution in [-0.4, -0.2) is 28.5 Å². The second-order valence-corrected chi connectivity index (χ2v) is 4.25. The summed E-state index contributed by atoms with van der Waals surface area (Å²) in [4.78, 5) is 2.45. The molecule has 2 aliphatic heterocycles. The van der Waals surface area contributed by atoms with Gasteiger partial charge in [0, 0.05) is 13.1 Å². The van der Waals surface area contributed by atoms with Crippen molar-refractivity contribution in [3.05, 3.63) is 0 Å². The van der Waals surface area contributed by atoms with E-state index in [1.54, 1.807) is 0 Å². The number of nitrogens with one attached hydrogen (secondary N) is 1. The molecule has 0 aliphatic carbocycles. The average Bonchev–Trinajstić information content (AvgIpc) is 2.55. The molecule has 0 aromatic rings. The zero-order valence-electron chi connectivity index (χ0n) is 6.71. The lowest BCUT2D eigenvalue weighted by Crippen LogP contribution is -2.36. The molecule has 0 aromatic heterocycles. The van der Waals surface area contributed by atoms with Gasteiger partial charge in [0.2, 0.25) is 0 Å². The molecular weight excluding hydrogens is 158 g/mol. The number of thioether (sulfide) groups is 1. The quantitative estimate of drug-likeness (QED) is 0.638. The Labute approximate surface area is 71.2 Å². The molecule has 0 aromatic carbocycles. The zero-order valence-corrected chi connectivity index (χ0v) is 7.52. The molecule has 1 N–H and O–H groups in total. The van der Waals surface area contributed by atoms with Gasteiger partial charge in [-0.15, -0.1) is 0 Å². The zero-order chi connectivity index (χ0) is 7.68. The third-order valence-electron chi connectivity index (χ3n) is 2.09. The van der Waals surface area contributed by atoms with Crippen LogP contribution >= 0.6 is 11.8 Å². The lowest BCUT2D eigenvalue weighted by atomic mass is 10.4. The minimum Gasteiger partial charge on any atom is -0.282 e. The van der Waals surface area contributed by atoms with Crippen LogP contribution in [0.2, 0.25) is 0 Å². The molecule has 2 heterocycles. The molecule has 3 nitrogen and oxygen atoms in total. The van der Waals surface area contributed by atoms with Gasteiger partial charge in [-0.3, -0.25) is 10.3 Å². The summed E-state index contributed by atoms with van der Waals surface area (Å²) >= 11 is 1.83. The molecule has 0 radical (unpaired) electrons. The second-order valence-electron chi connectivity index (χ2n) is 2.97. The first-order chi connectivity index (χ1) is 5.36. The van der Waals surface area contributed by atoms with Crippen molar-refractivity contribution in [2.24, 2.45) is 5.10 Å². The third kappa shape index (κ3) is 1.51. The van der Waals surface area contributed by atoms with Gasteiger partial charge < -0.3 is 0 Å². The van der Waals surface area contributed by atoms with Crippen LogP contribution in [0.15, 0.2) is 5.10 Å². The molecule has 0 spiro atoms. The maximum absolute atomic E-state index is 4.15. The van der Waals surface area contributed by atoms with Crippen molar-refractivity contribution in [1.29, 1.82) is 0 Å². The van der Waals surface area contributed by atoms with E-state index in [9.17, 15) is 0 Å². The number of hydrogen-bond donors (Lipinski definition) is 1. The van der Waals surface area contributed by atoms with E-state index in [2.05, 4.69) is 15.4 Å². The number of hydrogen-bond acceptors (Lipinski definition) is 4. The average molecular weight is 171 g/mol. The van der Waals surface area contributed by atoms with Crippen molar-refractivity contribution >= 4 is 16.8 Å². The number of hydrazone groups is 1. The summed E-state index contributed by atoms with van der Waals surface area (Å²) in [5.41, 5.74) is 3.55. The van der Waals surface area contributed by atoms with E-state index in [-0.39, 0.29) is 0 Å². The Morgan fingerprint density at radius 3 is 2.82 bits per heavy atom. The molecule has 0 bridgehead atoms. The van der Waals surface area contributed by atoms with Crippen LogP contribution < -0.4 is 5.43 Å². The van der Waals surface area contributed by atoms with E-state index >= 15 is 0 Å². The molecule has 0 saturated carbocycles. The Bertz CT molecular complexity index is 175. The molecule has 1 unspecified atom stereocenters. The van der Waals surface area contributed by atoms with Gasteiger partial charge in [-0.1, -0.05) is 11.8 Å². The molecule has 2 aliphatic rings. The Morgan fingerprint density at radius 2 is 2.27 bits per heavy atom. The highest BCUT2D eigenvalue weighted by Crippen LogP contribution is 2.23. The Morgan fingerprint density at radius 1 is 1.55 bits per heavy atom. The second kappa shape index (κ2) is 3.03. The predicted molar refractivity (Wildman–Crippen MR) is 48.4 cm³/mol. The fourth-order valence-electron chi connectivity index (χ4n) is 1.49. The summed E-state index contributed by atoms with van der Waals surface area (Å²) in [5.74, 6) is 0. The van der Waals surface area contributed by atoms with Gasteiger partial charge in [-0.25, -0.2) is 0 Å². The normalized spacial score (nSPS) is 32.1. The topological polar surface area (TPSA) is 27.6 Å². The number of nitrogens with zero attached hydrogens (tertiary/aromatic N) is 2. The summed E-state index contributed by atoms with van der Waals surface area (Å²) < 4.78 is 0. The molecule has 11 heavy (non-hydrogen) atoms. The molecular formula is C7H13N3S. The van der Waals surface area contributed by atoms with Gasteiger partial charge in [0.25, 0.3) is 0 Å². The van der Waals surface area contributed by atoms with Crippen molar-refractivity contribution in [2.45, 2.75) is 25.3 Å². The van der Waals surface area contributed by atoms with E-state index in [0.717, 1.165) is 5.04 Å².